The number of nitrogens with zero attached hydrogens (tertiary/aromatic N) is 2. The van der Waals surface area contributed by atoms with Gasteiger partial charge in [-0.2, -0.15) is 5.26 Å². The summed E-state index contributed by atoms with van der Waals surface area (Å²) < 4.78 is 27.4. The monoisotopic (exact) mass is 385 g/mol. The van der Waals surface area contributed by atoms with E-state index in [4.69, 9.17) is 16.9 Å². The molecule has 0 bridgehead atoms. The number of nitriles is 1. The number of rotatable bonds is 4. The zero-order valence-electron chi connectivity index (χ0n) is 10.5. The lowest BCUT2D eigenvalue weighted by Gasteiger charge is -2.08. The molecule has 0 fully saturated rings. The summed E-state index contributed by atoms with van der Waals surface area (Å²) in [5, 5.41) is 8.71. The Balaban J connectivity index is 2.22. The van der Waals surface area contributed by atoms with Gasteiger partial charge in [0.2, 0.25) is 10.0 Å². The zero-order valence-corrected chi connectivity index (χ0v) is 13.7. The second kappa shape index (κ2) is 6.54. The summed E-state index contributed by atoms with van der Waals surface area (Å²) in [5.74, 6) is 0. The first-order valence-electron chi connectivity index (χ1n) is 5.72. The van der Waals surface area contributed by atoms with Crippen molar-refractivity contribution in [3.8, 4) is 6.07 Å². The lowest BCUT2D eigenvalue weighted by Crippen LogP contribution is -2.23. The van der Waals surface area contributed by atoms with E-state index in [1.807, 2.05) is 6.07 Å². The number of aromatic nitrogens is 1. The minimum Gasteiger partial charge on any atom is -0.242 e. The zero-order chi connectivity index (χ0) is 15.5. The smallest absolute Gasteiger partial charge is 0.242 e. The Hall–Kier alpha value is -1.46. The van der Waals surface area contributed by atoms with Gasteiger partial charge in [-0.3, -0.25) is 0 Å². The summed E-state index contributed by atoms with van der Waals surface area (Å²) in [6, 6.07) is 10.1. The van der Waals surface area contributed by atoms with Gasteiger partial charge < -0.3 is 0 Å². The molecular formula is C13H9BrClN3O2S. The molecule has 0 amide bonds. The summed E-state index contributed by atoms with van der Waals surface area (Å²) in [6.07, 6.45) is 1.41. The molecule has 0 unspecified atom stereocenters. The van der Waals surface area contributed by atoms with Crippen LogP contribution < -0.4 is 4.72 Å². The van der Waals surface area contributed by atoms with Crippen LogP contribution in [0.5, 0.6) is 0 Å². The molecule has 0 spiro atoms. The first-order valence-corrected chi connectivity index (χ1v) is 8.37. The van der Waals surface area contributed by atoms with Crippen molar-refractivity contribution < 1.29 is 8.42 Å². The number of nitrogens with one attached hydrogen (secondary N) is 1. The van der Waals surface area contributed by atoms with Crippen LogP contribution in [-0.2, 0) is 16.6 Å². The van der Waals surface area contributed by atoms with Gasteiger partial charge in [0, 0.05) is 17.2 Å². The first-order chi connectivity index (χ1) is 9.92. The molecule has 2 rings (SSSR count). The summed E-state index contributed by atoms with van der Waals surface area (Å²) in [4.78, 5) is 3.68. The summed E-state index contributed by atoms with van der Waals surface area (Å²) in [6.45, 7) is 0.0562. The maximum atomic E-state index is 12.2. The van der Waals surface area contributed by atoms with Gasteiger partial charge in [-0.25, -0.2) is 18.1 Å². The van der Waals surface area contributed by atoms with Crippen molar-refractivity contribution in [1.29, 1.82) is 5.26 Å². The van der Waals surface area contributed by atoms with Crippen molar-refractivity contribution in [1.82, 2.24) is 9.71 Å². The number of halogens is 2. The Labute approximate surface area is 135 Å². The molecule has 0 radical (unpaired) electrons. The molecule has 0 aliphatic rings. The Kier molecular flexibility index (Phi) is 4.96. The Morgan fingerprint density at radius 3 is 2.86 bits per heavy atom. The molecule has 0 saturated carbocycles. The predicted molar refractivity (Wildman–Crippen MR) is 82.1 cm³/mol. The van der Waals surface area contributed by atoms with Crippen LogP contribution in [0.3, 0.4) is 0 Å². The van der Waals surface area contributed by atoms with Crippen LogP contribution in [0.15, 0.2) is 45.9 Å². The fourth-order valence-corrected chi connectivity index (χ4v) is 3.56. The number of hydrogen-bond acceptors (Lipinski definition) is 4. The molecule has 8 heteroatoms. The van der Waals surface area contributed by atoms with Crippen molar-refractivity contribution in [3.63, 3.8) is 0 Å². The molecule has 0 atom stereocenters. The van der Waals surface area contributed by atoms with E-state index in [-0.39, 0.29) is 16.6 Å². The summed E-state index contributed by atoms with van der Waals surface area (Å²) in [7, 11) is -3.79. The van der Waals surface area contributed by atoms with Crippen LogP contribution in [0.25, 0.3) is 0 Å². The van der Waals surface area contributed by atoms with E-state index < -0.39 is 10.0 Å². The molecule has 21 heavy (non-hydrogen) atoms. The SMILES string of the molecule is N#Cc1cccc(CNS(=O)(=O)c2cc(Br)cnc2Cl)c1. The molecule has 108 valence electrons. The molecule has 1 N–H and O–H groups in total. The quantitative estimate of drug-likeness (QED) is 0.819. The van der Waals surface area contributed by atoms with Crippen LogP contribution in [0.1, 0.15) is 11.1 Å². The largest absolute Gasteiger partial charge is 0.243 e. The maximum absolute atomic E-state index is 12.2. The van der Waals surface area contributed by atoms with Gasteiger partial charge in [-0.1, -0.05) is 23.7 Å². The number of pyridine rings is 1. The van der Waals surface area contributed by atoms with Crippen LogP contribution in [0.4, 0.5) is 0 Å². The van der Waals surface area contributed by atoms with Gasteiger partial charge >= 0.3 is 0 Å². The Bertz CT molecular complexity index is 818. The van der Waals surface area contributed by atoms with Crippen molar-refractivity contribution in [3.05, 3.63) is 57.3 Å². The van der Waals surface area contributed by atoms with Gasteiger partial charge in [-0.15, -0.1) is 0 Å². The number of sulfonamides is 1. The van der Waals surface area contributed by atoms with Crippen molar-refractivity contribution in [2.24, 2.45) is 0 Å². The van der Waals surface area contributed by atoms with Gasteiger partial charge in [0.25, 0.3) is 0 Å². The van der Waals surface area contributed by atoms with Gasteiger partial charge in [0.15, 0.2) is 0 Å². The topological polar surface area (TPSA) is 82.9 Å². The molecule has 0 aliphatic carbocycles. The number of hydrogen-bond donors (Lipinski definition) is 1. The average molecular weight is 387 g/mol. The molecule has 5 nitrogen and oxygen atoms in total. The lowest BCUT2D eigenvalue weighted by atomic mass is 10.1. The third kappa shape index (κ3) is 4.02. The Morgan fingerprint density at radius 1 is 1.38 bits per heavy atom. The first kappa shape index (κ1) is 15.9. The maximum Gasteiger partial charge on any atom is 0.243 e. The summed E-state index contributed by atoms with van der Waals surface area (Å²) >= 11 is 8.97. The third-order valence-corrected chi connectivity index (χ3v) is 4.85. The standard InChI is InChI=1S/C13H9BrClN3O2S/c14-11-5-12(13(15)17-8-11)21(19,20)18-7-10-3-1-2-9(4-10)6-16/h1-5,8,18H,7H2. The van der Waals surface area contributed by atoms with Crippen LogP contribution >= 0.6 is 27.5 Å². The van der Waals surface area contributed by atoms with E-state index in [0.29, 0.717) is 15.6 Å². The average Bonchev–Trinajstić information content (AvgIpc) is 2.48. The summed E-state index contributed by atoms with van der Waals surface area (Å²) in [5.41, 5.74) is 1.14. The predicted octanol–water partition coefficient (Wildman–Crippen LogP) is 2.85. The van der Waals surface area contributed by atoms with E-state index in [9.17, 15) is 8.42 Å². The van der Waals surface area contributed by atoms with Crippen LogP contribution in [-0.4, -0.2) is 13.4 Å². The minimum atomic E-state index is -3.79. The number of benzene rings is 1. The molecule has 0 saturated heterocycles. The van der Waals surface area contributed by atoms with E-state index in [2.05, 4.69) is 25.6 Å². The minimum absolute atomic E-state index is 0.0562. The molecular weight excluding hydrogens is 378 g/mol. The van der Waals surface area contributed by atoms with Crippen LogP contribution in [0, 0.1) is 11.3 Å². The normalized spacial score (nSPS) is 11.1. The fraction of sp³-hybridized carbons (Fsp3) is 0.0769. The van der Waals surface area contributed by atoms with E-state index >= 15 is 0 Å². The van der Waals surface area contributed by atoms with Crippen molar-refractivity contribution in [2.45, 2.75) is 11.4 Å². The second-order valence-corrected chi connectivity index (χ2v) is 7.09. The van der Waals surface area contributed by atoms with E-state index in [0.717, 1.165) is 0 Å². The van der Waals surface area contributed by atoms with Crippen molar-refractivity contribution in [2.75, 3.05) is 0 Å². The third-order valence-electron chi connectivity index (χ3n) is 2.59. The van der Waals surface area contributed by atoms with Crippen molar-refractivity contribution >= 4 is 37.6 Å². The second-order valence-electron chi connectivity index (χ2n) is 4.08. The highest BCUT2D eigenvalue weighted by atomic mass is 79.9. The fourth-order valence-electron chi connectivity index (χ4n) is 1.60. The van der Waals surface area contributed by atoms with Gasteiger partial charge in [0.1, 0.15) is 10.0 Å². The Morgan fingerprint density at radius 2 is 2.14 bits per heavy atom. The van der Waals surface area contributed by atoms with Crippen LogP contribution in [0.2, 0.25) is 5.15 Å². The van der Waals surface area contributed by atoms with Gasteiger partial charge in [-0.05, 0) is 39.7 Å². The highest BCUT2D eigenvalue weighted by Gasteiger charge is 2.19. The highest BCUT2D eigenvalue weighted by Crippen LogP contribution is 2.22. The molecule has 0 aliphatic heterocycles. The molecule has 1 aromatic heterocycles. The van der Waals surface area contributed by atoms with Gasteiger partial charge in [0.05, 0.1) is 11.6 Å². The molecule has 1 heterocycles. The molecule has 1 aromatic carbocycles. The lowest BCUT2D eigenvalue weighted by molar-refractivity contribution is 0.581. The highest BCUT2D eigenvalue weighted by molar-refractivity contribution is 9.10. The van der Waals surface area contributed by atoms with E-state index in [1.54, 1.807) is 24.3 Å². The molecule has 2 aromatic rings. The van der Waals surface area contributed by atoms with E-state index in [1.165, 1.54) is 12.3 Å².